The molecule has 3 amide bonds. The average molecular weight is 446 g/mol. The predicted molar refractivity (Wildman–Crippen MR) is 121 cm³/mol. The molecule has 0 unspecified atom stereocenters. The molecule has 0 saturated heterocycles. The number of aromatic nitrogens is 3. The maximum Gasteiger partial charge on any atom is 0.262 e. The second-order valence-corrected chi connectivity index (χ2v) is 8.81. The summed E-state index contributed by atoms with van der Waals surface area (Å²) >= 11 is 1.48. The fourth-order valence-corrected chi connectivity index (χ4v) is 5.00. The first-order valence-corrected chi connectivity index (χ1v) is 10.8. The number of thiazole rings is 1. The van der Waals surface area contributed by atoms with E-state index in [2.05, 4.69) is 22.5 Å². The van der Waals surface area contributed by atoms with Gasteiger partial charge in [0.1, 0.15) is 12.4 Å². The summed E-state index contributed by atoms with van der Waals surface area (Å²) in [5, 5.41) is 7.88. The lowest BCUT2D eigenvalue weighted by Gasteiger charge is -2.13. The number of hydrogen-bond donors (Lipinski definition) is 1. The van der Waals surface area contributed by atoms with E-state index in [0.29, 0.717) is 27.8 Å². The Morgan fingerprint density at radius 2 is 1.72 bits per heavy atom. The molecule has 0 saturated carbocycles. The van der Waals surface area contributed by atoms with E-state index in [-0.39, 0.29) is 6.54 Å². The summed E-state index contributed by atoms with van der Waals surface area (Å²) in [7, 11) is 0. The molecule has 0 fully saturated rings. The molecule has 160 valence electrons. The van der Waals surface area contributed by atoms with E-state index in [4.69, 9.17) is 4.98 Å². The number of benzene rings is 2. The van der Waals surface area contributed by atoms with Gasteiger partial charge in [-0.3, -0.25) is 19.3 Å². The summed E-state index contributed by atoms with van der Waals surface area (Å²) in [6.07, 6.45) is 0. The van der Waals surface area contributed by atoms with E-state index in [1.54, 1.807) is 35.0 Å². The van der Waals surface area contributed by atoms with Gasteiger partial charge in [-0.1, -0.05) is 29.5 Å². The monoisotopic (exact) mass is 445 g/mol. The quantitative estimate of drug-likeness (QED) is 0.484. The van der Waals surface area contributed by atoms with Gasteiger partial charge in [-0.2, -0.15) is 9.78 Å². The van der Waals surface area contributed by atoms with Crippen LogP contribution in [0, 0.1) is 20.8 Å². The lowest BCUT2D eigenvalue weighted by atomic mass is 10.1. The van der Waals surface area contributed by atoms with Crippen LogP contribution in [0.3, 0.4) is 0 Å². The Bertz CT molecular complexity index is 1400. The summed E-state index contributed by atoms with van der Waals surface area (Å²) in [4.78, 5) is 43.5. The molecule has 3 heterocycles. The second kappa shape index (κ2) is 7.38. The first-order valence-electron chi connectivity index (χ1n) is 10.0. The van der Waals surface area contributed by atoms with Crippen molar-refractivity contribution in [2.24, 2.45) is 0 Å². The molecule has 2 aromatic carbocycles. The van der Waals surface area contributed by atoms with Crippen LogP contribution < -0.4 is 5.32 Å². The SMILES string of the molecule is Cc1cc(C)c2nc(-n3nc(C)cc3NC(=O)CN3C(=O)c4ccccc4C3=O)sc2c1. The average Bonchev–Trinajstić information content (AvgIpc) is 3.39. The number of imide groups is 1. The van der Waals surface area contributed by atoms with Gasteiger partial charge in [0.15, 0.2) is 0 Å². The van der Waals surface area contributed by atoms with Gasteiger partial charge in [-0.05, 0) is 50.1 Å². The van der Waals surface area contributed by atoms with Crippen LogP contribution in [0.2, 0.25) is 0 Å². The molecular weight excluding hydrogens is 426 g/mol. The Morgan fingerprint density at radius 1 is 1.03 bits per heavy atom. The van der Waals surface area contributed by atoms with Crippen LogP contribution in [-0.4, -0.2) is 43.9 Å². The van der Waals surface area contributed by atoms with Crippen molar-refractivity contribution in [3.63, 3.8) is 0 Å². The van der Waals surface area contributed by atoms with E-state index in [1.165, 1.54) is 11.3 Å². The Hall–Kier alpha value is -3.85. The molecule has 32 heavy (non-hydrogen) atoms. The Labute approximate surface area is 187 Å². The van der Waals surface area contributed by atoms with Gasteiger partial charge in [-0.25, -0.2) is 4.98 Å². The lowest BCUT2D eigenvalue weighted by molar-refractivity contribution is -0.116. The normalized spacial score (nSPS) is 13.2. The van der Waals surface area contributed by atoms with Crippen molar-refractivity contribution in [1.82, 2.24) is 19.7 Å². The standard InChI is InChI=1S/C23H19N5O3S/c1-12-8-13(2)20-17(9-12)32-23(25-20)28-18(10-14(3)26-28)24-19(29)11-27-21(30)15-6-4-5-7-16(15)22(27)31/h4-10H,11H2,1-3H3,(H,24,29). The van der Waals surface area contributed by atoms with Crippen LogP contribution in [0.5, 0.6) is 0 Å². The molecule has 5 rings (SSSR count). The fraction of sp³-hybridized carbons (Fsp3) is 0.174. The van der Waals surface area contributed by atoms with E-state index in [0.717, 1.165) is 26.2 Å². The van der Waals surface area contributed by atoms with Crippen LogP contribution in [-0.2, 0) is 4.79 Å². The Kier molecular flexibility index (Phi) is 4.63. The molecule has 2 aromatic heterocycles. The van der Waals surface area contributed by atoms with Crippen molar-refractivity contribution >= 4 is 45.1 Å². The number of fused-ring (bicyclic) bond motifs is 2. The smallest absolute Gasteiger partial charge is 0.262 e. The first-order chi connectivity index (χ1) is 15.3. The lowest BCUT2D eigenvalue weighted by Crippen LogP contribution is -2.37. The number of carbonyl (C=O) groups is 3. The molecule has 9 heteroatoms. The minimum Gasteiger partial charge on any atom is -0.309 e. The van der Waals surface area contributed by atoms with Crippen LogP contribution >= 0.6 is 11.3 Å². The van der Waals surface area contributed by atoms with Crippen LogP contribution in [0.1, 0.15) is 37.5 Å². The highest BCUT2D eigenvalue weighted by atomic mass is 32.1. The fourth-order valence-electron chi connectivity index (χ4n) is 3.89. The van der Waals surface area contributed by atoms with Gasteiger partial charge in [0.05, 0.1) is 27.0 Å². The highest BCUT2D eigenvalue weighted by Crippen LogP contribution is 2.30. The van der Waals surface area contributed by atoms with Crippen LogP contribution in [0.15, 0.2) is 42.5 Å². The van der Waals surface area contributed by atoms with Gasteiger partial charge in [0, 0.05) is 6.07 Å². The minimum absolute atomic E-state index is 0.311. The Morgan fingerprint density at radius 3 is 2.41 bits per heavy atom. The number of rotatable bonds is 4. The van der Waals surface area contributed by atoms with Crippen molar-refractivity contribution in [2.75, 3.05) is 11.9 Å². The predicted octanol–water partition coefficient (Wildman–Crippen LogP) is 3.64. The number of hydrogen-bond acceptors (Lipinski definition) is 6. The molecule has 4 aromatic rings. The zero-order chi connectivity index (χ0) is 22.6. The highest BCUT2D eigenvalue weighted by Gasteiger charge is 2.36. The van der Waals surface area contributed by atoms with Crippen LogP contribution in [0.4, 0.5) is 5.82 Å². The molecule has 0 atom stereocenters. The van der Waals surface area contributed by atoms with E-state index in [9.17, 15) is 14.4 Å². The highest BCUT2D eigenvalue weighted by molar-refractivity contribution is 7.20. The number of amides is 3. The zero-order valence-corrected chi connectivity index (χ0v) is 18.5. The molecule has 1 aliphatic heterocycles. The van der Waals surface area contributed by atoms with Crippen molar-refractivity contribution in [2.45, 2.75) is 20.8 Å². The van der Waals surface area contributed by atoms with Gasteiger partial charge in [0.2, 0.25) is 11.0 Å². The van der Waals surface area contributed by atoms with Gasteiger partial charge >= 0.3 is 0 Å². The largest absolute Gasteiger partial charge is 0.309 e. The van der Waals surface area contributed by atoms with Gasteiger partial charge in [-0.15, -0.1) is 0 Å². The maximum absolute atomic E-state index is 12.8. The second-order valence-electron chi connectivity index (χ2n) is 7.80. The van der Waals surface area contributed by atoms with E-state index < -0.39 is 17.7 Å². The molecule has 0 radical (unpaired) electrons. The number of nitrogens with zero attached hydrogens (tertiary/aromatic N) is 4. The van der Waals surface area contributed by atoms with Gasteiger partial charge < -0.3 is 5.32 Å². The number of aryl methyl sites for hydroxylation is 3. The van der Waals surface area contributed by atoms with Crippen molar-refractivity contribution in [3.8, 4) is 5.13 Å². The minimum atomic E-state index is -0.492. The molecule has 0 aliphatic carbocycles. The molecule has 1 aliphatic rings. The molecule has 8 nitrogen and oxygen atoms in total. The topological polar surface area (TPSA) is 97.2 Å². The first kappa shape index (κ1) is 20.1. The maximum atomic E-state index is 12.8. The summed E-state index contributed by atoms with van der Waals surface area (Å²) in [6, 6.07) is 12.4. The summed E-state index contributed by atoms with van der Waals surface area (Å²) in [5.74, 6) is -1.00. The van der Waals surface area contributed by atoms with Crippen molar-refractivity contribution in [1.29, 1.82) is 0 Å². The third-order valence-corrected chi connectivity index (χ3v) is 6.26. The number of nitrogens with one attached hydrogen (secondary N) is 1. The zero-order valence-electron chi connectivity index (χ0n) is 17.7. The number of anilines is 1. The molecule has 1 N–H and O–H groups in total. The number of carbonyl (C=O) groups excluding carboxylic acids is 3. The summed E-state index contributed by atoms with van der Waals surface area (Å²) in [6.45, 7) is 5.49. The molecular formula is C23H19N5O3S. The van der Waals surface area contributed by atoms with Crippen molar-refractivity contribution in [3.05, 3.63) is 70.4 Å². The third kappa shape index (κ3) is 3.27. The molecule has 0 bridgehead atoms. The van der Waals surface area contributed by atoms with Crippen LogP contribution in [0.25, 0.3) is 15.3 Å². The summed E-state index contributed by atoms with van der Waals surface area (Å²) < 4.78 is 2.61. The Balaban J connectivity index is 1.41. The van der Waals surface area contributed by atoms with Gasteiger partial charge in [0.25, 0.3) is 11.8 Å². The summed E-state index contributed by atoms with van der Waals surface area (Å²) in [5.41, 5.74) is 4.44. The van der Waals surface area contributed by atoms with E-state index in [1.807, 2.05) is 20.8 Å². The van der Waals surface area contributed by atoms with E-state index >= 15 is 0 Å². The van der Waals surface area contributed by atoms with Crippen molar-refractivity contribution < 1.29 is 14.4 Å². The third-order valence-electron chi connectivity index (χ3n) is 5.28. The molecule has 0 spiro atoms.